The molecule has 14 N–H and O–H groups in total. The fourth-order valence-corrected chi connectivity index (χ4v) is 8.60. The number of carbonyl (C=O) groups is 3. The number of hydrogen-bond donors (Lipinski definition) is 14. The zero-order valence-corrected chi connectivity index (χ0v) is 42.7. The number of carbonyl (C=O) groups excluding carboxylic acids is 2. The molecule has 4 rings (SSSR count). The van der Waals surface area contributed by atoms with E-state index < -0.39 is 172 Å². The van der Waals surface area contributed by atoms with Crippen LogP contribution in [0.4, 0.5) is 0 Å². The highest BCUT2D eigenvalue weighted by atomic mass is 79.9. The predicted octanol–water partition coefficient (Wildman–Crippen LogP) is -7.73. The number of halogens is 1. The molecule has 30 nitrogen and oxygen atoms in total. The highest BCUT2D eigenvalue weighted by molar-refractivity contribution is 9.09. The second-order valence-corrected chi connectivity index (χ2v) is 18.4. The number of rotatable bonds is 32. The topological polar surface area (TPSA) is 438 Å². The molecule has 74 heavy (non-hydrogen) atoms. The maximum atomic E-state index is 13.1. The molecule has 21 atom stereocenters. The van der Waals surface area contributed by atoms with Crippen molar-refractivity contribution < 1.29 is 137 Å². The van der Waals surface area contributed by atoms with E-state index in [1.165, 1.54) is 6.92 Å². The summed E-state index contributed by atoms with van der Waals surface area (Å²) in [6, 6.07) is -3.11. The van der Waals surface area contributed by atoms with Gasteiger partial charge < -0.3 is 133 Å². The Balaban J connectivity index is 1.54. The van der Waals surface area contributed by atoms with Gasteiger partial charge in [-0.25, -0.2) is 4.79 Å². The molecule has 0 aromatic heterocycles. The first-order valence-electron chi connectivity index (χ1n) is 24.0. The summed E-state index contributed by atoms with van der Waals surface area (Å²) in [6.07, 6.45) is -34.9. The third-order valence-corrected chi connectivity index (χ3v) is 12.5. The van der Waals surface area contributed by atoms with Crippen LogP contribution in [0.3, 0.4) is 0 Å². The molecular weight excluding hydrogens is 1070 g/mol. The summed E-state index contributed by atoms with van der Waals surface area (Å²) in [6.45, 7) is 3.27. The van der Waals surface area contributed by atoms with E-state index in [1.54, 1.807) is 0 Å². The second kappa shape index (κ2) is 32.1. The number of alkyl halides is 1. The minimum atomic E-state index is -3.14. The number of ether oxygens (including phenoxy) is 13. The molecule has 4 fully saturated rings. The molecule has 2 amide bonds. The highest BCUT2D eigenvalue weighted by Gasteiger charge is 2.61. The van der Waals surface area contributed by atoms with Crippen LogP contribution < -0.4 is 10.6 Å². The Labute approximate surface area is 434 Å². The van der Waals surface area contributed by atoms with Gasteiger partial charge >= 0.3 is 5.97 Å². The number of amides is 2. The Bertz CT molecular complexity index is 1650. The lowest BCUT2D eigenvalue weighted by molar-refractivity contribution is -0.391. The molecule has 0 radical (unpaired) electrons. The molecule has 4 heterocycles. The lowest BCUT2D eigenvalue weighted by atomic mass is 9.88. The molecule has 432 valence electrons. The molecule has 0 unspecified atom stereocenters. The lowest BCUT2D eigenvalue weighted by Crippen LogP contribution is -2.71. The van der Waals surface area contributed by atoms with Crippen molar-refractivity contribution in [1.29, 1.82) is 0 Å². The van der Waals surface area contributed by atoms with Gasteiger partial charge in [0.1, 0.15) is 85.4 Å². The summed E-state index contributed by atoms with van der Waals surface area (Å²) in [7, 11) is 0. The van der Waals surface area contributed by atoms with Crippen molar-refractivity contribution in [2.75, 3.05) is 97.8 Å². The number of aliphatic hydroxyl groups excluding tert-OH is 11. The average Bonchev–Trinajstić information content (AvgIpc) is 3.36. The van der Waals surface area contributed by atoms with Gasteiger partial charge in [-0.2, -0.15) is 0 Å². The summed E-state index contributed by atoms with van der Waals surface area (Å²) < 4.78 is 74.6. The lowest BCUT2D eigenvalue weighted by Gasteiger charge is -2.51. The van der Waals surface area contributed by atoms with E-state index in [4.69, 9.17) is 61.6 Å². The van der Waals surface area contributed by atoms with Gasteiger partial charge in [0.15, 0.2) is 18.9 Å². The quantitative estimate of drug-likeness (QED) is 0.0220. The van der Waals surface area contributed by atoms with E-state index in [9.17, 15) is 75.7 Å². The van der Waals surface area contributed by atoms with Crippen molar-refractivity contribution in [2.45, 2.75) is 155 Å². The molecule has 4 saturated heterocycles. The number of aliphatic carboxylic acids is 1. The summed E-state index contributed by atoms with van der Waals surface area (Å²) in [5.74, 6) is -6.67. The summed E-state index contributed by atoms with van der Waals surface area (Å²) in [5.41, 5.74) is 0. The Morgan fingerprint density at radius 3 is 1.64 bits per heavy atom. The zero-order valence-electron chi connectivity index (χ0n) is 41.1. The summed E-state index contributed by atoms with van der Waals surface area (Å²) in [5, 5.41) is 135. The van der Waals surface area contributed by atoms with Crippen LogP contribution >= 0.6 is 15.9 Å². The smallest absolute Gasteiger partial charge is 0.364 e. The van der Waals surface area contributed by atoms with E-state index in [-0.39, 0.29) is 33.0 Å². The maximum absolute atomic E-state index is 13.1. The molecular formula is C43H75BrN2O28. The molecule has 0 aliphatic carbocycles. The van der Waals surface area contributed by atoms with Gasteiger partial charge in [-0.05, 0) is 6.92 Å². The Hall–Kier alpha value is -2.07. The standard InChI is InChI=1S/C43H75BrN2O28/c1-20-29(54)32(57)33(58)40(68-20)72-37-28(46-22(3)51)39(67-15-14-66-13-12-65-11-10-64-9-8-63-7-6-62-5-4-44)70-26(19-49)35(37)71-41-34(59)38(31(56)25(18-48)69-41)74-43(42(60)61)16-23(52)27(45-21(2)50)36(73-43)30(55)24(53)17-47/h20,23-41,47-49,52-59H,4-19H2,1-3H3,(H,45,50)(H,46,51)(H,60,61)/t20-,23-,24+,25+,26+,27+,28+,29+,30+,31-,32+,33-,34+,35+,36+,37+,38-,39+,40-,41-,43-/m0/s1. The second-order valence-electron chi connectivity index (χ2n) is 17.6. The number of carboxylic acids is 1. The van der Waals surface area contributed by atoms with Crippen molar-refractivity contribution in [2.24, 2.45) is 0 Å². The van der Waals surface area contributed by atoms with Crippen LogP contribution in [0.2, 0.25) is 0 Å². The van der Waals surface area contributed by atoms with Gasteiger partial charge in [-0.1, -0.05) is 15.9 Å². The third-order valence-electron chi connectivity index (χ3n) is 12.1. The van der Waals surface area contributed by atoms with Gasteiger partial charge in [0.2, 0.25) is 11.8 Å². The van der Waals surface area contributed by atoms with Crippen LogP contribution in [0.25, 0.3) is 0 Å². The molecule has 0 spiro atoms. The average molecular weight is 1150 g/mol. The van der Waals surface area contributed by atoms with Crippen molar-refractivity contribution in [3.8, 4) is 0 Å². The SMILES string of the molecule is CC(=O)N[C@H]1[C@H](OCCOCCOCCOCCOCCOCCBr)O[C@H](CO)[C@@H](O[C@@H]2O[C@H](CO)[C@H](O)[C@H](O[C@]3(C(=O)O)C[C@H](O)[C@@H](NC(C)=O)[C@H]([C@H](O)[C@H](O)CO)O3)[C@H]2O)[C@@H]1O[C@@H]1O[C@@H](C)[C@@H](O)[C@@H](O)[C@@H]1O. The first-order valence-corrected chi connectivity index (χ1v) is 25.1. The normalized spacial score (nSPS) is 37.5. The van der Waals surface area contributed by atoms with Gasteiger partial charge in [0.05, 0.1) is 111 Å². The number of carboxylic acid groups (broad SMARTS) is 1. The van der Waals surface area contributed by atoms with E-state index in [0.717, 1.165) is 19.2 Å². The molecule has 4 aliphatic heterocycles. The van der Waals surface area contributed by atoms with Crippen LogP contribution in [-0.4, -0.2) is 305 Å². The Kier molecular flexibility index (Phi) is 28.0. The molecule has 4 aliphatic rings. The largest absolute Gasteiger partial charge is 0.477 e. The minimum Gasteiger partial charge on any atom is -0.477 e. The molecule has 31 heteroatoms. The number of hydrogen-bond acceptors (Lipinski definition) is 27. The minimum absolute atomic E-state index is 0.0624. The number of nitrogens with one attached hydrogen (secondary N) is 2. The van der Waals surface area contributed by atoms with Crippen molar-refractivity contribution in [3.63, 3.8) is 0 Å². The predicted molar refractivity (Wildman–Crippen MR) is 244 cm³/mol. The van der Waals surface area contributed by atoms with E-state index in [1.807, 2.05) is 0 Å². The van der Waals surface area contributed by atoms with Gasteiger partial charge in [0.25, 0.3) is 5.79 Å². The maximum Gasteiger partial charge on any atom is 0.364 e. The van der Waals surface area contributed by atoms with Gasteiger partial charge in [-0.3, -0.25) is 9.59 Å². The van der Waals surface area contributed by atoms with Crippen LogP contribution in [0.1, 0.15) is 27.2 Å². The molecule has 0 aromatic rings. The highest BCUT2D eigenvalue weighted by Crippen LogP contribution is 2.39. The first-order chi connectivity index (χ1) is 35.2. The monoisotopic (exact) mass is 1150 g/mol. The van der Waals surface area contributed by atoms with E-state index in [0.29, 0.717) is 39.6 Å². The van der Waals surface area contributed by atoms with Crippen molar-refractivity contribution in [1.82, 2.24) is 10.6 Å². The molecule has 0 aromatic carbocycles. The third kappa shape index (κ3) is 18.0. The fraction of sp³-hybridized carbons (Fsp3) is 0.930. The number of aliphatic hydroxyl groups is 11. The van der Waals surface area contributed by atoms with E-state index >= 15 is 0 Å². The Morgan fingerprint density at radius 1 is 0.622 bits per heavy atom. The van der Waals surface area contributed by atoms with Crippen LogP contribution in [0, 0.1) is 0 Å². The van der Waals surface area contributed by atoms with Crippen LogP contribution in [0.5, 0.6) is 0 Å². The Morgan fingerprint density at radius 2 is 1.12 bits per heavy atom. The summed E-state index contributed by atoms with van der Waals surface area (Å²) in [4.78, 5) is 38.0. The van der Waals surface area contributed by atoms with Gasteiger partial charge in [0, 0.05) is 25.6 Å². The van der Waals surface area contributed by atoms with Crippen LogP contribution in [-0.2, 0) is 76.0 Å². The summed E-state index contributed by atoms with van der Waals surface area (Å²) >= 11 is 3.27. The zero-order chi connectivity index (χ0) is 54.7. The molecule has 0 bridgehead atoms. The first kappa shape index (κ1) is 64.5. The van der Waals surface area contributed by atoms with Crippen LogP contribution in [0.15, 0.2) is 0 Å². The molecule has 0 saturated carbocycles. The van der Waals surface area contributed by atoms with Gasteiger partial charge in [-0.15, -0.1) is 0 Å². The fourth-order valence-electron chi connectivity index (χ4n) is 8.38. The van der Waals surface area contributed by atoms with Crippen molar-refractivity contribution >= 4 is 33.7 Å². The van der Waals surface area contributed by atoms with E-state index in [2.05, 4.69) is 26.6 Å². The van der Waals surface area contributed by atoms with Crippen molar-refractivity contribution in [3.05, 3.63) is 0 Å².